The Morgan fingerprint density at radius 3 is 2.54 bits per heavy atom. The van der Waals surface area contributed by atoms with Crippen LogP contribution >= 0.6 is 24.0 Å². The summed E-state index contributed by atoms with van der Waals surface area (Å²) in [5.41, 5.74) is 4.79. The van der Waals surface area contributed by atoms with Crippen molar-refractivity contribution in [1.29, 1.82) is 0 Å². The molecule has 1 aromatic carbocycles. The van der Waals surface area contributed by atoms with Crippen molar-refractivity contribution < 1.29 is 21.6 Å². The first kappa shape index (κ1) is 21.5. The lowest BCUT2D eigenvalue weighted by molar-refractivity contribution is -0.137. The SMILES string of the molecule is CC(N)C1CCCN(S(=O)(=O)c2cc(C(F)(F)F)ccc2Cl)C1.Cl. The molecule has 138 valence electrons. The lowest BCUT2D eigenvalue weighted by Gasteiger charge is -2.34. The van der Waals surface area contributed by atoms with Gasteiger partial charge in [0.1, 0.15) is 4.90 Å². The van der Waals surface area contributed by atoms with Gasteiger partial charge in [-0.25, -0.2) is 8.42 Å². The average molecular weight is 407 g/mol. The van der Waals surface area contributed by atoms with Crippen LogP contribution in [0.1, 0.15) is 25.3 Å². The molecule has 2 unspecified atom stereocenters. The zero-order valence-corrected chi connectivity index (χ0v) is 15.3. The Morgan fingerprint density at radius 2 is 2.00 bits per heavy atom. The fraction of sp³-hybridized carbons (Fsp3) is 0.571. The number of halogens is 5. The number of piperidine rings is 1. The second kappa shape index (κ2) is 7.78. The van der Waals surface area contributed by atoms with Crippen LogP contribution in [-0.2, 0) is 16.2 Å². The van der Waals surface area contributed by atoms with Gasteiger partial charge in [-0.05, 0) is 43.9 Å². The maximum Gasteiger partial charge on any atom is 0.416 e. The molecule has 0 amide bonds. The van der Waals surface area contributed by atoms with E-state index in [2.05, 4.69) is 0 Å². The summed E-state index contributed by atoms with van der Waals surface area (Å²) in [5.74, 6) is -0.0249. The second-order valence-corrected chi connectivity index (χ2v) is 8.08. The molecule has 4 nitrogen and oxygen atoms in total. The Hall–Kier alpha value is -0.540. The molecule has 1 aromatic rings. The zero-order valence-electron chi connectivity index (χ0n) is 12.9. The molecular formula is C14H19Cl2F3N2O2S. The van der Waals surface area contributed by atoms with Gasteiger partial charge in [-0.1, -0.05) is 11.6 Å². The highest BCUT2D eigenvalue weighted by atomic mass is 35.5. The van der Waals surface area contributed by atoms with Crippen LogP contribution < -0.4 is 5.73 Å². The summed E-state index contributed by atoms with van der Waals surface area (Å²) >= 11 is 5.85. The van der Waals surface area contributed by atoms with E-state index >= 15 is 0 Å². The summed E-state index contributed by atoms with van der Waals surface area (Å²) in [6, 6.07) is 2.13. The highest BCUT2D eigenvalue weighted by molar-refractivity contribution is 7.89. The Morgan fingerprint density at radius 1 is 1.38 bits per heavy atom. The molecule has 0 spiro atoms. The number of alkyl halides is 3. The molecule has 2 atom stereocenters. The topological polar surface area (TPSA) is 63.4 Å². The number of nitrogens with two attached hydrogens (primary N) is 1. The lowest BCUT2D eigenvalue weighted by Crippen LogP contribution is -2.45. The van der Waals surface area contributed by atoms with Gasteiger partial charge in [0, 0.05) is 19.1 Å². The predicted molar refractivity (Wildman–Crippen MR) is 88.8 cm³/mol. The second-order valence-electron chi connectivity index (χ2n) is 5.77. The van der Waals surface area contributed by atoms with E-state index in [0.29, 0.717) is 12.5 Å². The van der Waals surface area contributed by atoms with E-state index < -0.39 is 26.7 Å². The van der Waals surface area contributed by atoms with Crippen LogP contribution in [0.5, 0.6) is 0 Å². The number of benzene rings is 1. The zero-order chi connectivity index (χ0) is 17.4. The highest BCUT2D eigenvalue weighted by Crippen LogP contribution is 2.35. The Labute approximate surface area is 150 Å². The molecule has 0 aromatic heterocycles. The Bertz CT molecular complexity index is 681. The number of hydrogen-bond donors (Lipinski definition) is 1. The van der Waals surface area contributed by atoms with Gasteiger partial charge >= 0.3 is 6.18 Å². The van der Waals surface area contributed by atoms with Gasteiger partial charge in [0.05, 0.1) is 10.6 Å². The van der Waals surface area contributed by atoms with Gasteiger partial charge < -0.3 is 5.73 Å². The van der Waals surface area contributed by atoms with Gasteiger partial charge in [-0.3, -0.25) is 0 Å². The summed E-state index contributed by atoms with van der Waals surface area (Å²) in [5, 5.41) is -0.221. The van der Waals surface area contributed by atoms with Crippen LogP contribution in [0.25, 0.3) is 0 Å². The van der Waals surface area contributed by atoms with Crippen molar-refractivity contribution in [2.75, 3.05) is 13.1 Å². The minimum atomic E-state index is -4.63. The van der Waals surface area contributed by atoms with Crippen LogP contribution in [0, 0.1) is 5.92 Å². The molecule has 1 heterocycles. The fourth-order valence-electron chi connectivity index (χ4n) is 2.64. The van der Waals surface area contributed by atoms with Crippen molar-refractivity contribution in [2.45, 2.75) is 36.9 Å². The largest absolute Gasteiger partial charge is 0.416 e. The number of nitrogens with zero attached hydrogens (tertiary/aromatic N) is 1. The van der Waals surface area contributed by atoms with E-state index in [-0.39, 0.29) is 42.5 Å². The van der Waals surface area contributed by atoms with E-state index in [1.54, 1.807) is 6.92 Å². The molecule has 0 radical (unpaired) electrons. The van der Waals surface area contributed by atoms with Gasteiger partial charge in [-0.2, -0.15) is 17.5 Å². The maximum atomic E-state index is 12.8. The van der Waals surface area contributed by atoms with Gasteiger partial charge in [0.25, 0.3) is 0 Å². The molecule has 1 aliphatic heterocycles. The number of rotatable bonds is 3. The van der Waals surface area contributed by atoms with Crippen molar-refractivity contribution >= 4 is 34.0 Å². The van der Waals surface area contributed by atoms with Crippen LogP contribution in [0.3, 0.4) is 0 Å². The monoisotopic (exact) mass is 406 g/mol. The van der Waals surface area contributed by atoms with Crippen molar-refractivity contribution in [3.63, 3.8) is 0 Å². The molecule has 24 heavy (non-hydrogen) atoms. The molecule has 1 fully saturated rings. The van der Waals surface area contributed by atoms with Gasteiger partial charge in [0.15, 0.2) is 0 Å². The molecular weight excluding hydrogens is 388 g/mol. The molecule has 2 N–H and O–H groups in total. The van der Waals surface area contributed by atoms with Crippen LogP contribution in [0.4, 0.5) is 13.2 Å². The first-order valence-corrected chi connectivity index (χ1v) is 8.97. The third kappa shape index (κ3) is 4.54. The third-order valence-corrected chi connectivity index (χ3v) is 6.39. The van der Waals surface area contributed by atoms with Gasteiger partial charge in [0.2, 0.25) is 10.0 Å². The minimum absolute atomic E-state index is 0. The summed E-state index contributed by atoms with van der Waals surface area (Å²) in [6.07, 6.45) is -3.23. The maximum absolute atomic E-state index is 12.8. The van der Waals surface area contributed by atoms with Crippen LogP contribution in [0.2, 0.25) is 5.02 Å². The Kier molecular flexibility index (Phi) is 6.97. The van der Waals surface area contributed by atoms with E-state index in [4.69, 9.17) is 17.3 Å². The molecule has 0 saturated carbocycles. The van der Waals surface area contributed by atoms with Crippen LogP contribution in [-0.4, -0.2) is 31.9 Å². The molecule has 0 aliphatic carbocycles. The quantitative estimate of drug-likeness (QED) is 0.834. The number of hydrogen-bond acceptors (Lipinski definition) is 3. The van der Waals surface area contributed by atoms with Crippen molar-refractivity contribution in [3.05, 3.63) is 28.8 Å². The lowest BCUT2D eigenvalue weighted by atomic mass is 9.93. The van der Waals surface area contributed by atoms with E-state index in [1.165, 1.54) is 4.31 Å². The number of sulfonamides is 1. The molecule has 1 aliphatic rings. The first-order chi connectivity index (χ1) is 10.5. The molecule has 0 bridgehead atoms. The highest BCUT2D eigenvalue weighted by Gasteiger charge is 2.36. The van der Waals surface area contributed by atoms with Crippen molar-refractivity contribution in [1.82, 2.24) is 4.31 Å². The standard InChI is InChI=1S/C14H18ClF3N2O2S.ClH/c1-9(19)10-3-2-6-20(8-10)23(21,22)13-7-11(14(16,17)18)4-5-12(13)15;/h4-5,7,9-10H,2-3,6,8,19H2,1H3;1H. The molecule has 1 saturated heterocycles. The van der Waals surface area contributed by atoms with E-state index in [9.17, 15) is 21.6 Å². The van der Waals surface area contributed by atoms with Crippen molar-refractivity contribution in [3.8, 4) is 0 Å². The molecule has 2 rings (SSSR count). The molecule has 10 heteroatoms. The first-order valence-electron chi connectivity index (χ1n) is 7.16. The van der Waals surface area contributed by atoms with E-state index in [1.807, 2.05) is 0 Å². The Balaban J connectivity index is 0.00000288. The summed E-state index contributed by atoms with van der Waals surface area (Å²) in [6.45, 7) is 2.22. The van der Waals surface area contributed by atoms with E-state index in [0.717, 1.165) is 18.6 Å². The van der Waals surface area contributed by atoms with Crippen LogP contribution in [0.15, 0.2) is 23.1 Å². The summed E-state index contributed by atoms with van der Waals surface area (Å²) in [7, 11) is -4.10. The van der Waals surface area contributed by atoms with Crippen molar-refractivity contribution in [2.24, 2.45) is 11.7 Å². The smallest absolute Gasteiger partial charge is 0.328 e. The normalized spacial score (nSPS) is 21.2. The fourth-order valence-corrected chi connectivity index (χ4v) is 4.67. The summed E-state index contributed by atoms with van der Waals surface area (Å²) in [4.78, 5) is -0.515. The summed E-state index contributed by atoms with van der Waals surface area (Å²) < 4.78 is 65.0. The predicted octanol–water partition coefficient (Wildman–Crippen LogP) is 3.53. The van der Waals surface area contributed by atoms with Gasteiger partial charge in [-0.15, -0.1) is 12.4 Å². The average Bonchev–Trinajstić information content (AvgIpc) is 2.46. The third-order valence-electron chi connectivity index (χ3n) is 4.04. The minimum Gasteiger partial charge on any atom is -0.328 e.